The smallest absolute Gasteiger partial charge is 0.174 e. The van der Waals surface area contributed by atoms with Crippen molar-refractivity contribution in [2.75, 3.05) is 13.2 Å². The van der Waals surface area contributed by atoms with Gasteiger partial charge in [0, 0.05) is 11.8 Å². The van der Waals surface area contributed by atoms with Gasteiger partial charge in [0.05, 0.1) is 13.2 Å². The summed E-state index contributed by atoms with van der Waals surface area (Å²) in [7, 11) is 0. The van der Waals surface area contributed by atoms with Crippen LogP contribution in [0.3, 0.4) is 0 Å². The molecule has 2 aliphatic carbocycles. The van der Waals surface area contributed by atoms with E-state index in [1.165, 1.54) is 25.7 Å². The molecular formula is C15H24O2. The molecule has 0 unspecified atom stereocenters. The van der Waals surface area contributed by atoms with Crippen molar-refractivity contribution in [3.05, 3.63) is 11.6 Å². The molecule has 0 N–H and O–H groups in total. The van der Waals surface area contributed by atoms with Crippen LogP contribution in [0.2, 0.25) is 0 Å². The van der Waals surface area contributed by atoms with E-state index in [2.05, 4.69) is 26.8 Å². The topological polar surface area (TPSA) is 18.5 Å². The van der Waals surface area contributed by atoms with Gasteiger partial charge in [-0.05, 0) is 38.0 Å². The van der Waals surface area contributed by atoms with Crippen molar-refractivity contribution in [1.29, 1.82) is 0 Å². The summed E-state index contributed by atoms with van der Waals surface area (Å²) in [5.74, 6) is -0.287. The first-order valence-electron chi connectivity index (χ1n) is 7.02. The van der Waals surface area contributed by atoms with Gasteiger partial charge in [-0.15, -0.1) is 0 Å². The Morgan fingerprint density at radius 2 is 1.76 bits per heavy atom. The molecule has 2 heteroatoms. The highest BCUT2D eigenvalue weighted by Crippen LogP contribution is 2.68. The molecule has 0 aromatic rings. The van der Waals surface area contributed by atoms with Crippen LogP contribution in [0, 0.1) is 10.8 Å². The van der Waals surface area contributed by atoms with E-state index in [0.717, 1.165) is 19.6 Å². The standard InChI is InChI=1S/C15H24O2/c1-4-12-6-9-14(3)13(12,2)7-5-8-15(14)16-10-11-17-15/h4H,5-11H2,1-3H3/b12-4+/t13-,14-/m1/s1. The molecule has 2 nitrogen and oxygen atoms in total. The average Bonchev–Trinajstić information content (AvgIpc) is 2.86. The van der Waals surface area contributed by atoms with Crippen molar-refractivity contribution in [1.82, 2.24) is 0 Å². The van der Waals surface area contributed by atoms with E-state index in [1.54, 1.807) is 5.57 Å². The van der Waals surface area contributed by atoms with Crippen LogP contribution in [0.1, 0.15) is 52.9 Å². The van der Waals surface area contributed by atoms with Crippen molar-refractivity contribution in [2.24, 2.45) is 10.8 Å². The zero-order valence-corrected chi connectivity index (χ0v) is 11.3. The maximum atomic E-state index is 6.11. The first-order valence-corrected chi connectivity index (χ1v) is 7.02. The van der Waals surface area contributed by atoms with Gasteiger partial charge in [0.2, 0.25) is 0 Å². The van der Waals surface area contributed by atoms with Crippen LogP contribution >= 0.6 is 0 Å². The lowest BCUT2D eigenvalue weighted by atomic mass is 9.55. The Bertz CT molecular complexity index is 354. The molecule has 1 spiro atoms. The van der Waals surface area contributed by atoms with Crippen molar-refractivity contribution < 1.29 is 9.47 Å². The summed E-state index contributed by atoms with van der Waals surface area (Å²) >= 11 is 0. The fourth-order valence-electron chi connectivity index (χ4n) is 4.67. The van der Waals surface area contributed by atoms with E-state index in [0.29, 0.717) is 0 Å². The maximum Gasteiger partial charge on any atom is 0.174 e. The minimum Gasteiger partial charge on any atom is -0.347 e. The van der Waals surface area contributed by atoms with E-state index >= 15 is 0 Å². The van der Waals surface area contributed by atoms with E-state index in [1.807, 2.05) is 0 Å². The molecule has 17 heavy (non-hydrogen) atoms. The van der Waals surface area contributed by atoms with Gasteiger partial charge in [0.1, 0.15) is 0 Å². The molecule has 0 radical (unpaired) electrons. The van der Waals surface area contributed by atoms with Gasteiger partial charge in [0.15, 0.2) is 5.79 Å². The Morgan fingerprint density at radius 1 is 1.06 bits per heavy atom. The number of hydrogen-bond donors (Lipinski definition) is 0. The van der Waals surface area contributed by atoms with Crippen LogP contribution in [-0.4, -0.2) is 19.0 Å². The Morgan fingerprint density at radius 3 is 2.41 bits per heavy atom. The molecule has 1 saturated heterocycles. The summed E-state index contributed by atoms with van der Waals surface area (Å²) in [6.45, 7) is 8.56. The number of fused-ring (bicyclic) bond motifs is 2. The summed E-state index contributed by atoms with van der Waals surface area (Å²) < 4.78 is 12.2. The van der Waals surface area contributed by atoms with Crippen LogP contribution in [0.5, 0.6) is 0 Å². The van der Waals surface area contributed by atoms with Crippen LogP contribution in [-0.2, 0) is 9.47 Å². The van der Waals surface area contributed by atoms with Gasteiger partial charge < -0.3 is 9.47 Å². The predicted molar refractivity (Wildman–Crippen MR) is 67.7 cm³/mol. The van der Waals surface area contributed by atoms with Crippen LogP contribution < -0.4 is 0 Å². The Balaban J connectivity index is 2.07. The molecule has 0 aromatic heterocycles. The molecule has 96 valence electrons. The number of hydrogen-bond acceptors (Lipinski definition) is 2. The van der Waals surface area contributed by atoms with E-state index in [9.17, 15) is 0 Å². The van der Waals surface area contributed by atoms with Crippen molar-refractivity contribution >= 4 is 0 Å². The molecule has 0 amide bonds. The first kappa shape index (κ1) is 11.7. The minimum atomic E-state index is -0.287. The predicted octanol–water partition coefficient (Wildman–Crippen LogP) is 3.67. The highest BCUT2D eigenvalue weighted by atomic mass is 16.7. The Kier molecular flexibility index (Phi) is 2.47. The molecule has 3 aliphatic rings. The molecule has 2 atom stereocenters. The summed E-state index contributed by atoms with van der Waals surface area (Å²) in [5.41, 5.74) is 2.07. The number of ether oxygens (including phenoxy) is 2. The molecular weight excluding hydrogens is 212 g/mol. The lowest BCUT2D eigenvalue weighted by molar-refractivity contribution is -0.275. The fraction of sp³-hybridized carbons (Fsp3) is 0.867. The SMILES string of the molecule is C/C=C1\CC[C@@]2(C)C3(CCC[C@]12C)OCCO3. The highest BCUT2D eigenvalue weighted by Gasteiger charge is 2.66. The van der Waals surface area contributed by atoms with Crippen molar-refractivity contribution in [2.45, 2.75) is 58.7 Å². The zero-order valence-electron chi connectivity index (χ0n) is 11.3. The second-order valence-corrected chi connectivity index (χ2v) is 6.28. The molecule has 2 saturated carbocycles. The third-order valence-corrected chi connectivity index (χ3v) is 5.95. The van der Waals surface area contributed by atoms with E-state index in [-0.39, 0.29) is 16.6 Å². The normalized spacial score (nSPS) is 46.6. The lowest BCUT2D eigenvalue weighted by Gasteiger charge is -2.55. The van der Waals surface area contributed by atoms with Gasteiger partial charge in [-0.2, -0.15) is 0 Å². The summed E-state index contributed by atoms with van der Waals surface area (Å²) in [6.07, 6.45) is 8.36. The van der Waals surface area contributed by atoms with E-state index in [4.69, 9.17) is 9.47 Å². The second kappa shape index (κ2) is 3.58. The van der Waals surface area contributed by atoms with Crippen molar-refractivity contribution in [3.8, 4) is 0 Å². The minimum absolute atomic E-state index is 0.163. The van der Waals surface area contributed by atoms with Gasteiger partial charge >= 0.3 is 0 Å². The maximum absolute atomic E-state index is 6.11. The summed E-state index contributed by atoms with van der Waals surface area (Å²) in [5, 5.41) is 0. The number of rotatable bonds is 0. The molecule has 3 fully saturated rings. The Hall–Kier alpha value is -0.340. The highest BCUT2D eigenvalue weighted by molar-refractivity contribution is 5.28. The monoisotopic (exact) mass is 236 g/mol. The zero-order chi connectivity index (χ0) is 12.1. The van der Waals surface area contributed by atoms with Crippen LogP contribution in [0.4, 0.5) is 0 Å². The molecule has 1 aliphatic heterocycles. The van der Waals surface area contributed by atoms with Crippen LogP contribution in [0.25, 0.3) is 0 Å². The van der Waals surface area contributed by atoms with Crippen LogP contribution in [0.15, 0.2) is 11.6 Å². The third-order valence-electron chi connectivity index (χ3n) is 5.95. The molecule has 3 rings (SSSR count). The van der Waals surface area contributed by atoms with Gasteiger partial charge in [0.25, 0.3) is 0 Å². The molecule has 1 heterocycles. The van der Waals surface area contributed by atoms with Crippen molar-refractivity contribution in [3.63, 3.8) is 0 Å². The van der Waals surface area contributed by atoms with Gasteiger partial charge in [-0.1, -0.05) is 25.5 Å². The summed E-state index contributed by atoms with van der Waals surface area (Å²) in [4.78, 5) is 0. The molecule has 0 aromatic carbocycles. The van der Waals surface area contributed by atoms with E-state index < -0.39 is 0 Å². The summed E-state index contributed by atoms with van der Waals surface area (Å²) in [6, 6.07) is 0. The largest absolute Gasteiger partial charge is 0.347 e. The Labute approximate surface area is 104 Å². The van der Waals surface area contributed by atoms with Gasteiger partial charge in [-0.25, -0.2) is 0 Å². The second-order valence-electron chi connectivity index (χ2n) is 6.28. The quantitative estimate of drug-likeness (QED) is 0.597. The number of allylic oxidation sites excluding steroid dienone is 2. The lowest BCUT2D eigenvalue weighted by Crippen LogP contribution is -2.56. The first-order chi connectivity index (χ1) is 8.08. The van der Waals surface area contributed by atoms with Gasteiger partial charge in [-0.3, -0.25) is 0 Å². The average molecular weight is 236 g/mol. The molecule has 0 bridgehead atoms. The third kappa shape index (κ3) is 1.23. The fourth-order valence-corrected chi connectivity index (χ4v) is 4.67.